The minimum absolute atomic E-state index is 0.0128. The first-order valence-electron chi connectivity index (χ1n) is 8.91. The van der Waals surface area contributed by atoms with E-state index in [0.29, 0.717) is 32.0 Å². The van der Waals surface area contributed by atoms with Crippen LogP contribution in [0.1, 0.15) is 30.4 Å². The van der Waals surface area contributed by atoms with E-state index in [1.54, 1.807) is 6.07 Å². The number of rotatable bonds is 6. The van der Waals surface area contributed by atoms with Crippen molar-refractivity contribution in [2.45, 2.75) is 31.5 Å². The number of aromatic nitrogens is 1. The molecule has 1 aliphatic rings. The maximum Gasteiger partial charge on any atom is 0.416 e. The monoisotopic (exact) mass is 395 g/mol. The summed E-state index contributed by atoms with van der Waals surface area (Å²) in [4.78, 5) is 16.5. The van der Waals surface area contributed by atoms with Gasteiger partial charge in [0.2, 0.25) is 0 Å². The van der Waals surface area contributed by atoms with Gasteiger partial charge in [-0.05, 0) is 37.1 Å². The maximum absolute atomic E-state index is 12.8. The Kier molecular flexibility index (Phi) is 5.83. The maximum atomic E-state index is 12.8. The summed E-state index contributed by atoms with van der Waals surface area (Å²) in [6.07, 6.45) is -2.46. The van der Waals surface area contributed by atoms with Gasteiger partial charge in [0.1, 0.15) is 12.0 Å². The zero-order chi connectivity index (χ0) is 20.3. The molecule has 0 radical (unpaired) electrons. The molecule has 0 bridgehead atoms. The van der Waals surface area contributed by atoms with Gasteiger partial charge in [-0.15, -0.1) is 0 Å². The van der Waals surface area contributed by atoms with Crippen LogP contribution in [0.15, 0.2) is 42.6 Å². The Labute approximate surface area is 160 Å². The second-order valence-electron chi connectivity index (χ2n) is 6.65. The topological polar surface area (TPSA) is 68.5 Å². The van der Waals surface area contributed by atoms with Gasteiger partial charge in [-0.2, -0.15) is 13.2 Å². The molecule has 0 saturated carbocycles. The van der Waals surface area contributed by atoms with Crippen molar-refractivity contribution in [3.63, 3.8) is 0 Å². The normalized spacial score (nSPS) is 19.8. The Morgan fingerprint density at radius 1 is 1.25 bits per heavy atom. The number of ether oxygens (including phenoxy) is 1. The first kappa shape index (κ1) is 20.1. The van der Waals surface area contributed by atoms with Crippen molar-refractivity contribution in [2.24, 2.45) is 0 Å². The molecule has 1 saturated heterocycles. The minimum Gasteiger partial charge on any atom is -0.380 e. The summed E-state index contributed by atoms with van der Waals surface area (Å²) < 4.78 is 43.9. The van der Waals surface area contributed by atoms with Crippen LogP contribution in [0.3, 0.4) is 0 Å². The van der Waals surface area contributed by atoms with E-state index in [1.165, 1.54) is 24.4 Å². The Hall–Kier alpha value is -2.68. The lowest BCUT2D eigenvalue weighted by Crippen LogP contribution is -2.33. The van der Waals surface area contributed by atoms with Gasteiger partial charge in [0.25, 0.3) is 5.69 Å². The van der Waals surface area contributed by atoms with Crippen molar-refractivity contribution in [3.05, 3.63) is 63.8 Å². The molecule has 0 spiro atoms. The molecule has 9 heteroatoms. The van der Waals surface area contributed by atoms with E-state index in [0.717, 1.165) is 17.7 Å². The van der Waals surface area contributed by atoms with Crippen LogP contribution < -0.4 is 4.90 Å². The third-order valence-electron chi connectivity index (χ3n) is 4.88. The second-order valence-corrected chi connectivity index (χ2v) is 6.65. The summed E-state index contributed by atoms with van der Waals surface area (Å²) >= 11 is 0. The van der Waals surface area contributed by atoms with Gasteiger partial charge in [0.05, 0.1) is 23.1 Å². The number of nitro groups is 1. The SMILES string of the molecule is CCOC[C@@H]1CC(c2ccc(C(F)(F)F)cc2)CN1c1ccc([N+](=O)[O-])cn1. The first-order valence-corrected chi connectivity index (χ1v) is 8.91. The van der Waals surface area contributed by atoms with Crippen LogP contribution in [-0.4, -0.2) is 35.7 Å². The Balaban J connectivity index is 1.81. The summed E-state index contributed by atoms with van der Waals surface area (Å²) in [7, 11) is 0. The van der Waals surface area contributed by atoms with Crippen LogP contribution in [0.5, 0.6) is 0 Å². The number of pyridine rings is 1. The molecule has 1 aromatic carbocycles. The molecule has 150 valence electrons. The smallest absolute Gasteiger partial charge is 0.380 e. The number of halogens is 3. The molecule has 2 atom stereocenters. The average Bonchev–Trinajstić information content (AvgIpc) is 3.10. The molecule has 2 aromatic rings. The van der Waals surface area contributed by atoms with E-state index in [1.807, 2.05) is 11.8 Å². The fourth-order valence-corrected chi connectivity index (χ4v) is 3.45. The largest absolute Gasteiger partial charge is 0.416 e. The van der Waals surface area contributed by atoms with Crippen LogP contribution in [-0.2, 0) is 10.9 Å². The number of hydrogen-bond donors (Lipinski definition) is 0. The quantitative estimate of drug-likeness (QED) is 0.535. The molecule has 1 aliphatic heterocycles. The van der Waals surface area contributed by atoms with Crippen LogP contribution in [0.25, 0.3) is 0 Å². The number of anilines is 1. The Bertz CT molecular complexity index is 810. The van der Waals surface area contributed by atoms with Crippen LogP contribution in [0, 0.1) is 10.1 Å². The fraction of sp³-hybridized carbons (Fsp3) is 0.421. The van der Waals surface area contributed by atoms with Crippen molar-refractivity contribution in [1.29, 1.82) is 0 Å². The van der Waals surface area contributed by atoms with Gasteiger partial charge in [0, 0.05) is 25.1 Å². The summed E-state index contributed by atoms with van der Waals surface area (Å²) in [5.74, 6) is 0.606. The number of nitrogens with zero attached hydrogens (tertiary/aromatic N) is 3. The number of hydrogen-bond acceptors (Lipinski definition) is 5. The van der Waals surface area contributed by atoms with Gasteiger partial charge in [-0.25, -0.2) is 4.98 Å². The molecule has 3 rings (SSSR count). The van der Waals surface area contributed by atoms with E-state index in [2.05, 4.69) is 4.98 Å². The van der Waals surface area contributed by atoms with Crippen molar-refractivity contribution in [3.8, 4) is 0 Å². The van der Waals surface area contributed by atoms with E-state index in [-0.39, 0.29) is 17.6 Å². The first-order chi connectivity index (χ1) is 13.3. The molecule has 0 N–H and O–H groups in total. The van der Waals surface area contributed by atoms with Crippen LogP contribution >= 0.6 is 0 Å². The van der Waals surface area contributed by atoms with E-state index in [4.69, 9.17) is 4.74 Å². The standard InChI is InChI=1S/C19H20F3N3O3/c1-2-28-12-17-9-14(13-3-5-15(6-4-13)19(20,21)22)11-24(17)18-8-7-16(10-23-18)25(26)27/h3-8,10,14,17H,2,9,11-12H2,1H3/t14?,17-/m0/s1. The highest BCUT2D eigenvalue weighted by molar-refractivity contribution is 5.46. The lowest BCUT2D eigenvalue weighted by molar-refractivity contribution is -0.385. The number of benzene rings is 1. The highest BCUT2D eigenvalue weighted by atomic mass is 19.4. The number of alkyl halides is 3. The molecule has 28 heavy (non-hydrogen) atoms. The van der Waals surface area contributed by atoms with Gasteiger partial charge in [-0.3, -0.25) is 10.1 Å². The zero-order valence-corrected chi connectivity index (χ0v) is 15.2. The van der Waals surface area contributed by atoms with Gasteiger partial charge in [0.15, 0.2) is 0 Å². The molecule has 6 nitrogen and oxygen atoms in total. The predicted octanol–water partition coefficient (Wildman–Crippen LogP) is 4.41. The van der Waals surface area contributed by atoms with Crippen LogP contribution in [0.2, 0.25) is 0 Å². The van der Waals surface area contributed by atoms with Crippen molar-refractivity contribution >= 4 is 11.5 Å². The highest BCUT2D eigenvalue weighted by Crippen LogP contribution is 2.36. The van der Waals surface area contributed by atoms with Crippen molar-refractivity contribution in [2.75, 3.05) is 24.7 Å². The third kappa shape index (κ3) is 4.41. The third-order valence-corrected chi connectivity index (χ3v) is 4.88. The van der Waals surface area contributed by atoms with Gasteiger partial charge < -0.3 is 9.64 Å². The summed E-state index contributed by atoms with van der Waals surface area (Å²) in [6, 6.07) is 8.19. The molecule has 0 aliphatic carbocycles. The minimum atomic E-state index is -4.36. The fourth-order valence-electron chi connectivity index (χ4n) is 3.45. The average molecular weight is 395 g/mol. The molecule has 2 heterocycles. The van der Waals surface area contributed by atoms with Crippen LogP contribution in [0.4, 0.5) is 24.7 Å². The van der Waals surface area contributed by atoms with Gasteiger partial charge in [-0.1, -0.05) is 12.1 Å². The van der Waals surface area contributed by atoms with Crippen molar-refractivity contribution in [1.82, 2.24) is 4.98 Å². The molecule has 0 amide bonds. The van der Waals surface area contributed by atoms with Crippen molar-refractivity contribution < 1.29 is 22.8 Å². The second kappa shape index (κ2) is 8.14. The lowest BCUT2D eigenvalue weighted by Gasteiger charge is -2.25. The van der Waals surface area contributed by atoms with Gasteiger partial charge >= 0.3 is 6.18 Å². The lowest BCUT2D eigenvalue weighted by atomic mass is 9.95. The van der Waals surface area contributed by atoms with E-state index in [9.17, 15) is 23.3 Å². The predicted molar refractivity (Wildman–Crippen MR) is 97.3 cm³/mol. The molecule has 1 unspecified atom stereocenters. The summed E-state index contributed by atoms with van der Waals surface area (Å²) in [6.45, 7) is 3.43. The molecular formula is C19H20F3N3O3. The Morgan fingerprint density at radius 2 is 1.96 bits per heavy atom. The summed E-state index contributed by atoms with van der Waals surface area (Å²) in [5, 5.41) is 10.8. The molecular weight excluding hydrogens is 375 g/mol. The molecule has 1 aromatic heterocycles. The molecule has 1 fully saturated rings. The zero-order valence-electron chi connectivity index (χ0n) is 15.2. The summed E-state index contributed by atoms with van der Waals surface area (Å²) in [5.41, 5.74) is 0.0523. The highest BCUT2D eigenvalue weighted by Gasteiger charge is 2.35. The van der Waals surface area contributed by atoms with E-state index < -0.39 is 16.7 Å². The van der Waals surface area contributed by atoms with E-state index >= 15 is 0 Å². The Morgan fingerprint density at radius 3 is 2.50 bits per heavy atom.